The lowest BCUT2D eigenvalue weighted by atomic mass is 10.1. The highest BCUT2D eigenvalue weighted by Gasteiger charge is 2.15. The van der Waals surface area contributed by atoms with E-state index in [0.29, 0.717) is 30.5 Å². The number of aromatic nitrogens is 3. The van der Waals surface area contributed by atoms with Crippen molar-refractivity contribution in [2.75, 3.05) is 37.5 Å². The normalized spacial score (nSPS) is 16.0. The molecule has 1 aromatic heterocycles. The Hall–Kier alpha value is -1.93. The van der Waals surface area contributed by atoms with Gasteiger partial charge < -0.3 is 9.64 Å². The van der Waals surface area contributed by atoms with Crippen molar-refractivity contribution >= 4 is 15.8 Å². The molecule has 0 unspecified atom stereocenters. The van der Waals surface area contributed by atoms with Gasteiger partial charge in [-0.25, -0.2) is 8.42 Å². The van der Waals surface area contributed by atoms with E-state index in [2.05, 4.69) is 20.1 Å². The van der Waals surface area contributed by atoms with Crippen LogP contribution in [0.1, 0.15) is 11.4 Å². The number of benzene rings is 1. The molecule has 8 heteroatoms. The Morgan fingerprint density at radius 2 is 1.91 bits per heavy atom. The molecule has 1 N–H and O–H groups in total. The number of morpholine rings is 1. The molecule has 1 aromatic carbocycles. The molecule has 0 atom stereocenters. The molecule has 0 radical (unpaired) electrons. The molecule has 3 rings (SSSR count). The number of hydrogen-bond acceptors (Lipinski definition) is 6. The minimum atomic E-state index is -3.16. The maximum absolute atomic E-state index is 11.4. The van der Waals surface area contributed by atoms with Crippen LogP contribution in [0.5, 0.6) is 0 Å². The van der Waals surface area contributed by atoms with Gasteiger partial charge in [0, 0.05) is 25.8 Å². The third-order valence-electron chi connectivity index (χ3n) is 3.54. The Morgan fingerprint density at radius 3 is 2.55 bits per heavy atom. The average Bonchev–Trinajstić information content (AvgIpc) is 2.96. The monoisotopic (exact) mass is 322 g/mol. The molecule has 0 amide bonds. The highest BCUT2D eigenvalue weighted by atomic mass is 32.2. The molecule has 1 fully saturated rings. The van der Waals surface area contributed by atoms with Gasteiger partial charge in [0.25, 0.3) is 0 Å². The highest BCUT2D eigenvalue weighted by molar-refractivity contribution is 7.90. The van der Waals surface area contributed by atoms with Gasteiger partial charge in [0.05, 0.1) is 18.1 Å². The number of nitrogens with one attached hydrogen (secondary N) is 1. The van der Waals surface area contributed by atoms with E-state index in [9.17, 15) is 8.42 Å². The van der Waals surface area contributed by atoms with Crippen LogP contribution >= 0.6 is 0 Å². The lowest BCUT2D eigenvalue weighted by molar-refractivity contribution is 0.122. The molecule has 22 heavy (non-hydrogen) atoms. The predicted octanol–water partition coefficient (Wildman–Crippen LogP) is 0.636. The Labute approximate surface area is 129 Å². The lowest BCUT2D eigenvalue weighted by Gasteiger charge is -2.25. The Morgan fingerprint density at radius 1 is 1.23 bits per heavy atom. The van der Waals surface area contributed by atoms with Crippen molar-refractivity contribution in [2.24, 2.45) is 0 Å². The van der Waals surface area contributed by atoms with E-state index in [0.717, 1.165) is 24.5 Å². The van der Waals surface area contributed by atoms with Crippen LogP contribution in [0.15, 0.2) is 29.2 Å². The second-order valence-corrected chi connectivity index (χ2v) is 7.29. The predicted molar refractivity (Wildman–Crippen MR) is 81.8 cm³/mol. The number of H-pyrrole nitrogens is 1. The van der Waals surface area contributed by atoms with Gasteiger partial charge in [-0.1, -0.05) is 12.1 Å². The van der Waals surface area contributed by atoms with Crippen LogP contribution in [0.4, 0.5) is 5.95 Å². The standard InChI is InChI=1S/C14H18N4O3S/c1-22(19,20)12-4-2-11(3-5-12)10-13-15-14(17-16-13)18-6-8-21-9-7-18/h2-5H,6-10H2,1H3,(H,15,16,17). The summed E-state index contributed by atoms with van der Waals surface area (Å²) < 4.78 is 28.2. The summed E-state index contributed by atoms with van der Waals surface area (Å²) in [5, 5.41) is 7.17. The number of sulfone groups is 1. The van der Waals surface area contributed by atoms with Crippen molar-refractivity contribution in [3.8, 4) is 0 Å². The number of anilines is 1. The van der Waals surface area contributed by atoms with Crippen LogP contribution in [0.25, 0.3) is 0 Å². The van der Waals surface area contributed by atoms with E-state index >= 15 is 0 Å². The molecule has 1 saturated heterocycles. The topological polar surface area (TPSA) is 88.2 Å². The summed E-state index contributed by atoms with van der Waals surface area (Å²) in [4.78, 5) is 6.89. The average molecular weight is 322 g/mol. The lowest BCUT2D eigenvalue weighted by Crippen LogP contribution is -2.36. The molecule has 0 bridgehead atoms. The van der Waals surface area contributed by atoms with Gasteiger partial charge in [0.1, 0.15) is 5.82 Å². The molecule has 118 valence electrons. The fraction of sp³-hybridized carbons (Fsp3) is 0.429. The minimum absolute atomic E-state index is 0.322. The summed E-state index contributed by atoms with van der Waals surface area (Å²) in [7, 11) is -3.16. The molecular formula is C14H18N4O3S. The molecule has 1 aliphatic rings. The molecule has 1 aliphatic heterocycles. The number of rotatable bonds is 4. The van der Waals surface area contributed by atoms with Gasteiger partial charge in [-0.15, -0.1) is 5.10 Å². The summed E-state index contributed by atoms with van der Waals surface area (Å²) in [5.74, 6) is 1.44. The molecular weight excluding hydrogens is 304 g/mol. The van der Waals surface area contributed by atoms with E-state index in [1.54, 1.807) is 24.3 Å². The Bertz CT molecular complexity index is 734. The van der Waals surface area contributed by atoms with Gasteiger partial charge in [-0.05, 0) is 17.7 Å². The van der Waals surface area contributed by atoms with Crippen molar-refractivity contribution in [1.29, 1.82) is 0 Å². The maximum atomic E-state index is 11.4. The smallest absolute Gasteiger partial charge is 0.244 e. The third kappa shape index (κ3) is 3.45. The molecule has 0 spiro atoms. The van der Waals surface area contributed by atoms with E-state index in [1.165, 1.54) is 6.26 Å². The van der Waals surface area contributed by atoms with Crippen LogP contribution in [-0.4, -0.2) is 56.2 Å². The van der Waals surface area contributed by atoms with E-state index in [4.69, 9.17) is 4.74 Å². The first kappa shape index (κ1) is 15.0. The maximum Gasteiger partial charge on any atom is 0.244 e. The number of aromatic amines is 1. The first-order chi connectivity index (χ1) is 10.5. The SMILES string of the molecule is CS(=O)(=O)c1ccc(Cc2nc(N3CCOCC3)n[nH]2)cc1. The fourth-order valence-electron chi connectivity index (χ4n) is 2.32. The summed E-state index contributed by atoms with van der Waals surface area (Å²) in [6, 6.07) is 6.83. The van der Waals surface area contributed by atoms with Crippen molar-refractivity contribution < 1.29 is 13.2 Å². The first-order valence-electron chi connectivity index (χ1n) is 7.05. The van der Waals surface area contributed by atoms with Gasteiger partial charge >= 0.3 is 0 Å². The second kappa shape index (κ2) is 6.05. The molecule has 0 saturated carbocycles. The van der Waals surface area contributed by atoms with Gasteiger partial charge in [0.15, 0.2) is 9.84 Å². The zero-order valence-electron chi connectivity index (χ0n) is 12.3. The van der Waals surface area contributed by atoms with Gasteiger partial charge in [0.2, 0.25) is 5.95 Å². The van der Waals surface area contributed by atoms with Crippen molar-refractivity contribution in [1.82, 2.24) is 15.2 Å². The number of hydrogen-bond donors (Lipinski definition) is 1. The summed E-state index contributed by atoms with van der Waals surface area (Å²) in [5.41, 5.74) is 0.983. The van der Waals surface area contributed by atoms with E-state index in [1.807, 2.05) is 0 Å². The van der Waals surface area contributed by atoms with Crippen molar-refractivity contribution in [3.05, 3.63) is 35.7 Å². The molecule has 7 nitrogen and oxygen atoms in total. The van der Waals surface area contributed by atoms with E-state index in [-0.39, 0.29) is 0 Å². The minimum Gasteiger partial charge on any atom is -0.378 e. The fourth-order valence-corrected chi connectivity index (χ4v) is 2.95. The summed E-state index contributed by atoms with van der Waals surface area (Å²) in [6.07, 6.45) is 1.79. The second-order valence-electron chi connectivity index (χ2n) is 5.27. The zero-order chi connectivity index (χ0) is 15.6. The van der Waals surface area contributed by atoms with E-state index < -0.39 is 9.84 Å². The first-order valence-corrected chi connectivity index (χ1v) is 8.94. The van der Waals surface area contributed by atoms with Crippen molar-refractivity contribution in [2.45, 2.75) is 11.3 Å². The summed E-state index contributed by atoms with van der Waals surface area (Å²) >= 11 is 0. The zero-order valence-corrected chi connectivity index (χ0v) is 13.1. The van der Waals surface area contributed by atoms with Gasteiger partial charge in [-0.2, -0.15) is 4.98 Å². The largest absolute Gasteiger partial charge is 0.378 e. The Balaban J connectivity index is 1.69. The molecule has 0 aliphatic carbocycles. The third-order valence-corrected chi connectivity index (χ3v) is 4.67. The van der Waals surface area contributed by atoms with Crippen LogP contribution < -0.4 is 4.90 Å². The summed E-state index contributed by atoms with van der Waals surface area (Å²) in [6.45, 7) is 2.97. The van der Waals surface area contributed by atoms with Crippen LogP contribution in [0.3, 0.4) is 0 Å². The molecule has 2 heterocycles. The van der Waals surface area contributed by atoms with Crippen LogP contribution in [0.2, 0.25) is 0 Å². The van der Waals surface area contributed by atoms with Crippen LogP contribution in [-0.2, 0) is 21.0 Å². The van der Waals surface area contributed by atoms with Crippen LogP contribution in [0, 0.1) is 0 Å². The number of ether oxygens (including phenoxy) is 1. The number of nitrogens with zero attached hydrogens (tertiary/aromatic N) is 3. The highest BCUT2D eigenvalue weighted by Crippen LogP contribution is 2.14. The van der Waals surface area contributed by atoms with Gasteiger partial charge in [-0.3, -0.25) is 5.10 Å². The van der Waals surface area contributed by atoms with Crippen molar-refractivity contribution in [3.63, 3.8) is 0 Å². The quantitative estimate of drug-likeness (QED) is 0.888. The Kier molecular flexibility index (Phi) is 4.12. The molecule has 2 aromatic rings.